The van der Waals surface area contributed by atoms with Crippen molar-refractivity contribution in [1.29, 1.82) is 5.26 Å². The first-order valence-electron chi connectivity index (χ1n) is 5.21. The number of halogens is 1. The summed E-state index contributed by atoms with van der Waals surface area (Å²) in [6.45, 7) is 4.10. The van der Waals surface area contributed by atoms with E-state index in [9.17, 15) is 0 Å². The SMILES string of the molecule is Cc1ccc(C)c(-c2nc(Cl)c(CC#N)s2)c1. The van der Waals surface area contributed by atoms with Gasteiger partial charge in [-0.05, 0) is 25.5 Å². The van der Waals surface area contributed by atoms with Crippen LogP contribution in [0.2, 0.25) is 5.15 Å². The molecule has 0 bridgehead atoms. The molecule has 0 fully saturated rings. The summed E-state index contributed by atoms with van der Waals surface area (Å²) in [7, 11) is 0. The minimum absolute atomic E-state index is 0.321. The summed E-state index contributed by atoms with van der Waals surface area (Å²) in [5.74, 6) is 0. The molecular weight excluding hydrogens is 252 g/mol. The van der Waals surface area contributed by atoms with E-state index in [1.54, 1.807) is 0 Å². The Hall–Kier alpha value is -1.37. The molecular formula is C13H11ClN2S. The first kappa shape index (κ1) is 12.1. The number of benzene rings is 1. The molecule has 1 aromatic heterocycles. The number of nitriles is 1. The Kier molecular flexibility index (Phi) is 3.46. The van der Waals surface area contributed by atoms with Crippen LogP contribution < -0.4 is 0 Å². The van der Waals surface area contributed by atoms with Gasteiger partial charge in [-0.25, -0.2) is 4.98 Å². The van der Waals surface area contributed by atoms with Gasteiger partial charge in [-0.1, -0.05) is 29.3 Å². The molecule has 2 rings (SSSR count). The third kappa shape index (κ3) is 2.49. The van der Waals surface area contributed by atoms with Crippen molar-refractivity contribution in [2.45, 2.75) is 20.3 Å². The van der Waals surface area contributed by atoms with Gasteiger partial charge in [0, 0.05) is 5.56 Å². The highest BCUT2D eigenvalue weighted by molar-refractivity contribution is 7.15. The van der Waals surface area contributed by atoms with Crippen LogP contribution in [0, 0.1) is 25.2 Å². The van der Waals surface area contributed by atoms with Gasteiger partial charge < -0.3 is 0 Å². The van der Waals surface area contributed by atoms with Crippen LogP contribution in [0.5, 0.6) is 0 Å². The van der Waals surface area contributed by atoms with Crippen LogP contribution in [0.1, 0.15) is 16.0 Å². The van der Waals surface area contributed by atoms with Crippen LogP contribution in [-0.4, -0.2) is 4.98 Å². The molecule has 0 atom stereocenters. The van der Waals surface area contributed by atoms with Crippen molar-refractivity contribution in [1.82, 2.24) is 4.98 Å². The van der Waals surface area contributed by atoms with Crippen LogP contribution in [0.4, 0.5) is 0 Å². The zero-order valence-electron chi connectivity index (χ0n) is 9.62. The second-order valence-corrected chi connectivity index (χ2v) is 5.33. The first-order chi connectivity index (χ1) is 8.11. The highest BCUT2D eigenvalue weighted by atomic mass is 35.5. The molecule has 0 aliphatic carbocycles. The van der Waals surface area contributed by atoms with Crippen molar-refractivity contribution < 1.29 is 0 Å². The zero-order valence-corrected chi connectivity index (χ0v) is 11.2. The first-order valence-corrected chi connectivity index (χ1v) is 6.41. The minimum atomic E-state index is 0.321. The van der Waals surface area contributed by atoms with E-state index in [1.807, 2.05) is 13.8 Å². The van der Waals surface area contributed by atoms with E-state index >= 15 is 0 Å². The van der Waals surface area contributed by atoms with E-state index in [0.29, 0.717) is 11.6 Å². The highest BCUT2D eigenvalue weighted by Gasteiger charge is 2.12. The molecule has 86 valence electrons. The monoisotopic (exact) mass is 262 g/mol. The second-order valence-electron chi connectivity index (χ2n) is 3.89. The maximum Gasteiger partial charge on any atom is 0.144 e. The fourth-order valence-electron chi connectivity index (χ4n) is 1.60. The standard InChI is InChI=1S/C13H11ClN2S/c1-8-3-4-9(2)10(7-8)13-16-12(14)11(17-13)5-6-15/h3-4,7H,5H2,1-2H3. The van der Waals surface area contributed by atoms with Gasteiger partial charge in [-0.15, -0.1) is 11.3 Å². The predicted octanol–water partition coefficient (Wildman–Crippen LogP) is 4.15. The van der Waals surface area contributed by atoms with E-state index in [4.69, 9.17) is 16.9 Å². The molecule has 0 aliphatic heterocycles. The number of hydrogen-bond donors (Lipinski definition) is 0. The zero-order chi connectivity index (χ0) is 12.4. The van der Waals surface area contributed by atoms with Crippen molar-refractivity contribution >= 4 is 22.9 Å². The Morgan fingerprint density at radius 2 is 2.18 bits per heavy atom. The average molecular weight is 263 g/mol. The summed E-state index contributed by atoms with van der Waals surface area (Å²) >= 11 is 7.51. The molecule has 1 aromatic carbocycles. The van der Waals surface area contributed by atoms with E-state index in [0.717, 1.165) is 15.4 Å². The van der Waals surface area contributed by atoms with Crippen LogP contribution in [0.3, 0.4) is 0 Å². The molecule has 2 aromatic rings. The maximum absolute atomic E-state index is 8.69. The minimum Gasteiger partial charge on any atom is -0.224 e. The van der Waals surface area contributed by atoms with E-state index in [-0.39, 0.29) is 0 Å². The molecule has 2 nitrogen and oxygen atoms in total. The van der Waals surface area contributed by atoms with Crippen LogP contribution >= 0.6 is 22.9 Å². The van der Waals surface area contributed by atoms with Crippen molar-refractivity contribution in [3.63, 3.8) is 0 Å². The molecule has 0 aliphatic rings. The van der Waals surface area contributed by atoms with Gasteiger partial charge in [0.05, 0.1) is 17.4 Å². The molecule has 0 saturated carbocycles. The van der Waals surface area contributed by atoms with Gasteiger partial charge in [0.1, 0.15) is 10.2 Å². The van der Waals surface area contributed by atoms with Crippen LogP contribution in [0.15, 0.2) is 18.2 Å². The lowest BCUT2D eigenvalue weighted by Gasteiger charge is -2.02. The lowest BCUT2D eigenvalue weighted by molar-refractivity contribution is 1.28. The summed E-state index contributed by atoms with van der Waals surface area (Å²) in [5, 5.41) is 10.0. The van der Waals surface area contributed by atoms with Gasteiger partial charge in [0.15, 0.2) is 0 Å². The van der Waals surface area contributed by atoms with Crippen molar-refractivity contribution in [3.05, 3.63) is 39.4 Å². The molecule has 0 spiro atoms. The molecule has 0 saturated heterocycles. The molecule has 0 N–H and O–H groups in total. The summed E-state index contributed by atoms with van der Waals surface area (Å²) in [4.78, 5) is 5.17. The quantitative estimate of drug-likeness (QED) is 0.815. The van der Waals surface area contributed by atoms with Gasteiger partial charge in [-0.2, -0.15) is 5.26 Å². The van der Waals surface area contributed by atoms with Gasteiger partial charge in [0.25, 0.3) is 0 Å². The number of nitrogens with zero attached hydrogens (tertiary/aromatic N) is 2. The summed E-state index contributed by atoms with van der Waals surface area (Å²) in [5.41, 5.74) is 3.46. The Morgan fingerprint density at radius 3 is 2.88 bits per heavy atom. The Labute approximate surface area is 110 Å². The molecule has 0 radical (unpaired) electrons. The highest BCUT2D eigenvalue weighted by Crippen LogP contribution is 2.33. The van der Waals surface area contributed by atoms with Crippen molar-refractivity contribution in [2.24, 2.45) is 0 Å². The third-order valence-electron chi connectivity index (χ3n) is 2.51. The fourth-order valence-corrected chi connectivity index (χ4v) is 2.88. The van der Waals surface area contributed by atoms with Gasteiger partial charge in [0.2, 0.25) is 0 Å². The Balaban J connectivity index is 2.50. The molecule has 4 heteroatoms. The lowest BCUT2D eigenvalue weighted by Crippen LogP contribution is -1.83. The average Bonchev–Trinajstić information content (AvgIpc) is 2.64. The summed E-state index contributed by atoms with van der Waals surface area (Å²) < 4.78 is 0. The molecule has 0 unspecified atom stereocenters. The topological polar surface area (TPSA) is 36.7 Å². The number of aryl methyl sites for hydroxylation is 2. The van der Waals surface area contributed by atoms with E-state index in [2.05, 4.69) is 29.3 Å². The van der Waals surface area contributed by atoms with Gasteiger partial charge >= 0.3 is 0 Å². The largest absolute Gasteiger partial charge is 0.224 e. The van der Waals surface area contributed by atoms with Crippen LogP contribution in [-0.2, 0) is 6.42 Å². The number of hydrogen-bond acceptors (Lipinski definition) is 3. The second kappa shape index (κ2) is 4.87. The van der Waals surface area contributed by atoms with E-state index in [1.165, 1.54) is 22.5 Å². The van der Waals surface area contributed by atoms with Crippen molar-refractivity contribution in [2.75, 3.05) is 0 Å². The normalized spacial score (nSPS) is 10.2. The van der Waals surface area contributed by atoms with E-state index < -0.39 is 0 Å². The third-order valence-corrected chi connectivity index (χ3v) is 4.03. The Morgan fingerprint density at radius 1 is 1.41 bits per heavy atom. The Bertz CT molecular complexity index is 596. The maximum atomic E-state index is 8.69. The lowest BCUT2D eigenvalue weighted by atomic mass is 10.1. The number of rotatable bonds is 2. The molecule has 1 heterocycles. The smallest absolute Gasteiger partial charge is 0.144 e. The number of aromatic nitrogens is 1. The number of thiazole rings is 1. The fraction of sp³-hybridized carbons (Fsp3) is 0.231. The summed E-state index contributed by atoms with van der Waals surface area (Å²) in [6, 6.07) is 8.35. The summed E-state index contributed by atoms with van der Waals surface area (Å²) in [6.07, 6.45) is 0.321. The molecule has 17 heavy (non-hydrogen) atoms. The van der Waals surface area contributed by atoms with Gasteiger partial charge in [-0.3, -0.25) is 0 Å². The van der Waals surface area contributed by atoms with Crippen molar-refractivity contribution in [3.8, 4) is 16.6 Å². The molecule has 0 amide bonds. The predicted molar refractivity (Wildman–Crippen MR) is 71.4 cm³/mol. The van der Waals surface area contributed by atoms with Crippen LogP contribution in [0.25, 0.3) is 10.6 Å².